The standard InChI is InChI=1S/C13H18N2O4S/c1-18-6-7-19-8-13(17)15-10-4-2-3-5-11(10)20-9-12(14)16/h2-5H,6-9H2,1H3,(H2,14,16)(H,15,17). The van der Waals surface area contributed by atoms with E-state index in [9.17, 15) is 9.59 Å². The summed E-state index contributed by atoms with van der Waals surface area (Å²) in [5.74, 6) is -0.496. The molecule has 2 amide bonds. The van der Waals surface area contributed by atoms with Crippen LogP contribution < -0.4 is 11.1 Å². The minimum atomic E-state index is -0.404. The highest BCUT2D eigenvalue weighted by Crippen LogP contribution is 2.26. The lowest BCUT2D eigenvalue weighted by molar-refractivity contribution is -0.121. The van der Waals surface area contributed by atoms with Crippen LogP contribution in [0.25, 0.3) is 0 Å². The molecule has 1 aromatic rings. The molecule has 6 nitrogen and oxygen atoms in total. The van der Waals surface area contributed by atoms with Gasteiger partial charge < -0.3 is 20.5 Å². The van der Waals surface area contributed by atoms with Crippen molar-refractivity contribution in [1.29, 1.82) is 0 Å². The van der Waals surface area contributed by atoms with Gasteiger partial charge in [0.05, 0.1) is 24.7 Å². The zero-order chi connectivity index (χ0) is 14.8. The number of rotatable bonds is 9. The van der Waals surface area contributed by atoms with Crippen LogP contribution in [0.3, 0.4) is 0 Å². The van der Waals surface area contributed by atoms with Crippen molar-refractivity contribution in [2.45, 2.75) is 4.90 Å². The molecule has 0 aliphatic carbocycles. The third-order valence-electron chi connectivity index (χ3n) is 2.20. The van der Waals surface area contributed by atoms with Gasteiger partial charge in [0.15, 0.2) is 0 Å². The molecule has 0 aliphatic heterocycles. The zero-order valence-electron chi connectivity index (χ0n) is 11.3. The van der Waals surface area contributed by atoms with Crippen molar-refractivity contribution in [2.24, 2.45) is 5.73 Å². The lowest BCUT2D eigenvalue weighted by Crippen LogP contribution is -2.20. The fourth-order valence-electron chi connectivity index (χ4n) is 1.34. The maximum Gasteiger partial charge on any atom is 0.250 e. The third kappa shape index (κ3) is 6.55. The summed E-state index contributed by atoms with van der Waals surface area (Å²) in [4.78, 5) is 23.3. The van der Waals surface area contributed by atoms with Crippen LogP contribution in [0, 0.1) is 0 Å². The third-order valence-corrected chi connectivity index (χ3v) is 3.29. The van der Waals surface area contributed by atoms with Gasteiger partial charge in [0.25, 0.3) is 0 Å². The number of hydrogen-bond acceptors (Lipinski definition) is 5. The van der Waals surface area contributed by atoms with Crippen LogP contribution in [0.2, 0.25) is 0 Å². The van der Waals surface area contributed by atoms with Gasteiger partial charge >= 0.3 is 0 Å². The Hall–Kier alpha value is -1.57. The van der Waals surface area contributed by atoms with Gasteiger partial charge in [0.1, 0.15) is 6.61 Å². The summed E-state index contributed by atoms with van der Waals surface area (Å²) in [6.07, 6.45) is 0. The van der Waals surface area contributed by atoms with Gasteiger partial charge in [-0.15, -0.1) is 11.8 Å². The Morgan fingerprint density at radius 3 is 2.75 bits per heavy atom. The summed E-state index contributed by atoms with van der Waals surface area (Å²) < 4.78 is 9.94. The molecule has 0 atom stereocenters. The van der Waals surface area contributed by atoms with Crippen LogP contribution in [0.1, 0.15) is 0 Å². The number of carbonyl (C=O) groups excluding carboxylic acids is 2. The summed E-state index contributed by atoms with van der Waals surface area (Å²) in [5, 5.41) is 2.73. The highest BCUT2D eigenvalue weighted by Gasteiger charge is 2.08. The topological polar surface area (TPSA) is 90.7 Å². The van der Waals surface area contributed by atoms with Crippen molar-refractivity contribution in [3.8, 4) is 0 Å². The Morgan fingerprint density at radius 1 is 1.30 bits per heavy atom. The number of carbonyl (C=O) groups is 2. The number of methoxy groups -OCH3 is 1. The van der Waals surface area contributed by atoms with Crippen LogP contribution >= 0.6 is 11.8 Å². The van der Waals surface area contributed by atoms with E-state index in [1.165, 1.54) is 11.8 Å². The molecule has 0 spiro atoms. The van der Waals surface area contributed by atoms with E-state index in [1.54, 1.807) is 19.2 Å². The molecule has 110 valence electrons. The Bertz CT molecular complexity index is 454. The number of ether oxygens (including phenoxy) is 2. The van der Waals surface area contributed by atoms with E-state index in [4.69, 9.17) is 15.2 Å². The molecule has 1 aromatic carbocycles. The molecule has 20 heavy (non-hydrogen) atoms. The molecule has 7 heteroatoms. The smallest absolute Gasteiger partial charge is 0.250 e. The average molecular weight is 298 g/mol. The average Bonchev–Trinajstić information content (AvgIpc) is 2.42. The molecule has 0 unspecified atom stereocenters. The number of nitrogens with two attached hydrogens (primary N) is 1. The van der Waals surface area contributed by atoms with Crippen molar-refractivity contribution < 1.29 is 19.1 Å². The van der Waals surface area contributed by atoms with Gasteiger partial charge in [-0.25, -0.2) is 0 Å². The van der Waals surface area contributed by atoms with Crippen molar-refractivity contribution in [2.75, 3.05) is 38.0 Å². The molecule has 1 rings (SSSR count). The first kappa shape index (κ1) is 16.5. The van der Waals surface area contributed by atoms with Gasteiger partial charge in [-0.05, 0) is 12.1 Å². The van der Waals surface area contributed by atoms with Crippen molar-refractivity contribution in [3.05, 3.63) is 24.3 Å². The first-order chi connectivity index (χ1) is 9.63. The quantitative estimate of drug-likeness (QED) is 0.521. The van der Waals surface area contributed by atoms with E-state index in [1.807, 2.05) is 12.1 Å². The largest absolute Gasteiger partial charge is 0.382 e. The highest BCUT2D eigenvalue weighted by molar-refractivity contribution is 8.00. The van der Waals surface area contributed by atoms with Gasteiger partial charge in [0.2, 0.25) is 11.8 Å². The maximum atomic E-state index is 11.7. The number of anilines is 1. The lowest BCUT2D eigenvalue weighted by atomic mass is 10.3. The van der Waals surface area contributed by atoms with E-state index in [0.717, 1.165) is 4.90 Å². The Balaban J connectivity index is 2.49. The number of amides is 2. The molecule has 0 radical (unpaired) electrons. The summed E-state index contributed by atoms with van der Waals surface area (Å²) in [6, 6.07) is 7.20. The second-order valence-corrected chi connectivity index (χ2v) is 4.86. The minimum absolute atomic E-state index is 0.0435. The Labute approximate surface area is 122 Å². The van der Waals surface area contributed by atoms with Gasteiger partial charge in [-0.2, -0.15) is 0 Å². The van der Waals surface area contributed by atoms with Gasteiger partial charge in [-0.3, -0.25) is 9.59 Å². The van der Waals surface area contributed by atoms with E-state index in [-0.39, 0.29) is 18.3 Å². The van der Waals surface area contributed by atoms with Crippen LogP contribution in [-0.4, -0.2) is 44.5 Å². The van der Waals surface area contributed by atoms with E-state index < -0.39 is 5.91 Å². The molecule has 3 N–H and O–H groups in total. The van der Waals surface area contributed by atoms with Gasteiger partial charge in [-0.1, -0.05) is 12.1 Å². The number of hydrogen-bond donors (Lipinski definition) is 2. The molecule has 0 heterocycles. The van der Waals surface area contributed by atoms with Crippen molar-refractivity contribution in [1.82, 2.24) is 0 Å². The van der Waals surface area contributed by atoms with E-state index in [0.29, 0.717) is 18.9 Å². The first-order valence-electron chi connectivity index (χ1n) is 6.00. The lowest BCUT2D eigenvalue weighted by Gasteiger charge is -2.10. The summed E-state index contributed by atoms with van der Waals surface area (Å²) >= 11 is 1.28. The van der Waals surface area contributed by atoms with Gasteiger partial charge in [0, 0.05) is 12.0 Å². The summed E-state index contributed by atoms with van der Waals surface area (Å²) in [5.41, 5.74) is 5.74. The van der Waals surface area contributed by atoms with Crippen molar-refractivity contribution in [3.63, 3.8) is 0 Å². The molecular weight excluding hydrogens is 280 g/mol. The summed E-state index contributed by atoms with van der Waals surface area (Å²) in [7, 11) is 1.57. The van der Waals surface area contributed by atoms with Crippen molar-refractivity contribution >= 4 is 29.3 Å². The highest BCUT2D eigenvalue weighted by atomic mass is 32.2. The predicted octanol–water partition coefficient (Wildman–Crippen LogP) is 0.865. The Morgan fingerprint density at radius 2 is 2.05 bits per heavy atom. The monoisotopic (exact) mass is 298 g/mol. The first-order valence-corrected chi connectivity index (χ1v) is 6.98. The van der Waals surface area contributed by atoms with Crippen LogP contribution in [-0.2, 0) is 19.1 Å². The molecule has 0 aromatic heterocycles. The second-order valence-electron chi connectivity index (χ2n) is 3.84. The molecule has 0 bridgehead atoms. The number of thioether (sulfide) groups is 1. The number of primary amides is 1. The molecular formula is C13H18N2O4S. The number of para-hydroxylation sites is 1. The maximum absolute atomic E-state index is 11.7. The predicted molar refractivity (Wildman–Crippen MR) is 77.7 cm³/mol. The molecule has 0 saturated heterocycles. The van der Waals surface area contributed by atoms with Crippen LogP contribution in [0.15, 0.2) is 29.2 Å². The molecule has 0 saturated carbocycles. The van der Waals surface area contributed by atoms with E-state index in [2.05, 4.69) is 5.32 Å². The zero-order valence-corrected chi connectivity index (χ0v) is 12.1. The van der Waals surface area contributed by atoms with E-state index >= 15 is 0 Å². The van der Waals surface area contributed by atoms with Crippen LogP contribution in [0.5, 0.6) is 0 Å². The fraction of sp³-hybridized carbons (Fsp3) is 0.385. The number of benzene rings is 1. The molecule has 0 fully saturated rings. The Kier molecular flexibility index (Phi) is 7.71. The molecule has 0 aliphatic rings. The normalized spacial score (nSPS) is 10.2. The fourth-order valence-corrected chi connectivity index (χ4v) is 2.09. The van der Waals surface area contributed by atoms with Crippen LogP contribution in [0.4, 0.5) is 5.69 Å². The summed E-state index contributed by atoms with van der Waals surface area (Å²) in [6.45, 7) is 0.762. The minimum Gasteiger partial charge on any atom is -0.382 e. The SMILES string of the molecule is COCCOCC(=O)Nc1ccccc1SCC(N)=O. The second kappa shape index (κ2) is 9.35. The number of nitrogens with one attached hydrogen (secondary N) is 1.